The number of unbranched alkanes of at least 4 members (excludes halogenated alkanes) is 14. The second-order valence-electron chi connectivity index (χ2n) is 8.80. The van der Waals surface area contributed by atoms with Crippen molar-refractivity contribution in [1.29, 1.82) is 0 Å². The lowest BCUT2D eigenvalue weighted by Crippen LogP contribution is -2.37. The summed E-state index contributed by atoms with van der Waals surface area (Å²) in [5.41, 5.74) is 0. The standard InChI is InChI=1S/C26H51N2/c1-4-7-10-12-14-16-18-21-26-27(22-19-9-6-3)24-25-28(26)23-20-17-15-13-11-8-5-2/h24-25H,4-23H2,1-3H3/q+1. The van der Waals surface area contributed by atoms with Gasteiger partial charge in [0.25, 0.3) is 5.82 Å². The Hall–Kier alpha value is -0.790. The molecular weight excluding hydrogens is 340 g/mol. The molecule has 0 atom stereocenters. The zero-order chi connectivity index (χ0) is 20.3. The molecule has 0 saturated heterocycles. The summed E-state index contributed by atoms with van der Waals surface area (Å²) in [5.74, 6) is 1.59. The van der Waals surface area contributed by atoms with E-state index in [-0.39, 0.29) is 0 Å². The summed E-state index contributed by atoms with van der Waals surface area (Å²) in [4.78, 5) is 0. The van der Waals surface area contributed by atoms with Crippen LogP contribution in [0.25, 0.3) is 0 Å². The van der Waals surface area contributed by atoms with E-state index in [1.54, 1.807) is 5.82 Å². The molecule has 2 heteroatoms. The minimum Gasteiger partial charge on any atom is -0.234 e. The zero-order valence-electron chi connectivity index (χ0n) is 19.7. The summed E-state index contributed by atoms with van der Waals surface area (Å²) < 4.78 is 5.14. The van der Waals surface area contributed by atoms with Crippen LogP contribution in [-0.4, -0.2) is 4.57 Å². The van der Waals surface area contributed by atoms with Crippen LogP contribution in [0, 0.1) is 0 Å². The second-order valence-corrected chi connectivity index (χ2v) is 8.80. The SMILES string of the molecule is CCCCCCCCCc1n(CCCCC)cc[n+]1CCCCCCCCC. The first-order valence-corrected chi connectivity index (χ1v) is 12.9. The van der Waals surface area contributed by atoms with E-state index in [9.17, 15) is 0 Å². The van der Waals surface area contributed by atoms with E-state index in [1.807, 2.05) is 0 Å². The van der Waals surface area contributed by atoms with Crippen molar-refractivity contribution in [2.24, 2.45) is 0 Å². The lowest BCUT2D eigenvalue weighted by Gasteiger charge is -2.06. The van der Waals surface area contributed by atoms with Crippen LogP contribution in [0.3, 0.4) is 0 Å². The van der Waals surface area contributed by atoms with Crippen LogP contribution in [0.4, 0.5) is 0 Å². The van der Waals surface area contributed by atoms with Gasteiger partial charge in [-0.1, -0.05) is 97.8 Å². The monoisotopic (exact) mass is 391 g/mol. The quantitative estimate of drug-likeness (QED) is 0.157. The molecule has 0 aromatic carbocycles. The van der Waals surface area contributed by atoms with E-state index in [0.29, 0.717) is 0 Å². The maximum Gasteiger partial charge on any atom is 0.256 e. The molecular formula is C26H51N2+. The molecule has 164 valence electrons. The number of aryl methyl sites for hydroxylation is 2. The maximum atomic E-state index is 2.58. The van der Waals surface area contributed by atoms with Crippen molar-refractivity contribution in [3.63, 3.8) is 0 Å². The van der Waals surface area contributed by atoms with Crippen LogP contribution < -0.4 is 4.57 Å². The van der Waals surface area contributed by atoms with Gasteiger partial charge in [0.1, 0.15) is 12.4 Å². The van der Waals surface area contributed by atoms with Crippen molar-refractivity contribution >= 4 is 0 Å². The van der Waals surface area contributed by atoms with Crippen molar-refractivity contribution in [2.45, 2.75) is 149 Å². The first-order chi connectivity index (χ1) is 13.8. The van der Waals surface area contributed by atoms with E-state index < -0.39 is 0 Å². The summed E-state index contributed by atoms with van der Waals surface area (Å²) in [7, 11) is 0. The molecule has 28 heavy (non-hydrogen) atoms. The van der Waals surface area contributed by atoms with Crippen molar-refractivity contribution in [3.8, 4) is 0 Å². The summed E-state index contributed by atoms with van der Waals surface area (Å²) in [5, 5.41) is 0. The molecule has 0 aliphatic carbocycles. The molecule has 1 aromatic rings. The number of hydrogen-bond donors (Lipinski definition) is 0. The molecule has 0 unspecified atom stereocenters. The zero-order valence-corrected chi connectivity index (χ0v) is 19.7. The van der Waals surface area contributed by atoms with E-state index in [2.05, 4.69) is 42.3 Å². The van der Waals surface area contributed by atoms with Crippen molar-refractivity contribution in [2.75, 3.05) is 0 Å². The van der Waals surface area contributed by atoms with Crippen molar-refractivity contribution in [3.05, 3.63) is 18.2 Å². The molecule has 0 amide bonds. The van der Waals surface area contributed by atoms with Gasteiger partial charge in [-0.2, -0.15) is 0 Å². The van der Waals surface area contributed by atoms with Gasteiger partial charge in [-0.15, -0.1) is 0 Å². The van der Waals surface area contributed by atoms with E-state index in [4.69, 9.17) is 0 Å². The molecule has 1 heterocycles. The number of aromatic nitrogens is 2. The van der Waals surface area contributed by atoms with Crippen molar-refractivity contribution < 1.29 is 4.57 Å². The normalized spacial score (nSPS) is 11.4. The van der Waals surface area contributed by atoms with Gasteiger partial charge in [-0.25, -0.2) is 9.13 Å². The summed E-state index contributed by atoms with van der Waals surface area (Å²) in [6.45, 7) is 9.34. The lowest BCUT2D eigenvalue weighted by molar-refractivity contribution is -0.704. The fraction of sp³-hybridized carbons (Fsp3) is 0.885. The Balaban J connectivity index is 2.39. The molecule has 0 aliphatic rings. The molecule has 0 aliphatic heterocycles. The van der Waals surface area contributed by atoms with Gasteiger partial charge in [0.05, 0.1) is 13.1 Å². The fourth-order valence-electron chi connectivity index (χ4n) is 4.20. The van der Waals surface area contributed by atoms with Gasteiger partial charge in [-0.3, -0.25) is 0 Å². The maximum absolute atomic E-state index is 2.58. The summed E-state index contributed by atoms with van der Waals surface area (Å²) in [6, 6.07) is 0. The third-order valence-electron chi connectivity index (χ3n) is 6.10. The Morgan fingerprint density at radius 2 is 1.11 bits per heavy atom. The smallest absolute Gasteiger partial charge is 0.234 e. The Morgan fingerprint density at radius 1 is 0.607 bits per heavy atom. The second kappa shape index (κ2) is 18.3. The predicted molar refractivity (Wildman–Crippen MR) is 124 cm³/mol. The highest BCUT2D eigenvalue weighted by Crippen LogP contribution is 2.12. The molecule has 0 N–H and O–H groups in total. The summed E-state index contributed by atoms with van der Waals surface area (Å²) >= 11 is 0. The minimum atomic E-state index is 1.21. The Labute approximate surface area is 177 Å². The number of imidazole rings is 1. The van der Waals surface area contributed by atoms with E-state index in [0.717, 1.165) is 0 Å². The van der Waals surface area contributed by atoms with Gasteiger partial charge in [0.15, 0.2) is 0 Å². The molecule has 0 saturated carbocycles. The van der Waals surface area contributed by atoms with Crippen LogP contribution in [-0.2, 0) is 19.5 Å². The molecule has 0 radical (unpaired) electrons. The van der Waals surface area contributed by atoms with E-state index in [1.165, 1.54) is 129 Å². The van der Waals surface area contributed by atoms with Gasteiger partial charge in [-0.05, 0) is 32.1 Å². The van der Waals surface area contributed by atoms with Crippen LogP contribution in [0.15, 0.2) is 12.4 Å². The topological polar surface area (TPSA) is 8.81 Å². The highest BCUT2D eigenvalue weighted by molar-refractivity contribution is 4.84. The van der Waals surface area contributed by atoms with Crippen LogP contribution in [0.1, 0.15) is 136 Å². The number of nitrogens with zero attached hydrogens (tertiary/aromatic N) is 2. The highest BCUT2D eigenvalue weighted by Gasteiger charge is 2.16. The summed E-state index contributed by atoms with van der Waals surface area (Å²) in [6.07, 6.45) is 29.6. The molecule has 1 rings (SSSR count). The first-order valence-electron chi connectivity index (χ1n) is 12.9. The van der Waals surface area contributed by atoms with Gasteiger partial charge in [0.2, 0.25) is 0 Å². The van der Waals surface area contributed by atoms with Crippen LogP contribution in [0.5, 0.6) is 0 Å². The Bertz CT molecular complexity index is 449. The van der Waals surface area contributed by atoms with Crippen molar-refractivity contribution in [1.82, 2.24) is 4.57 Å². The van der Waals surface area contributed by atoms with Gasteiger partial charge in [0, 0.05) is 6.42 Å². The number of rotatable bonds is 20. The molecule has 2 nitrogen and oxygen atoms in total. The Morgan fingerprint density at radius 3 is 1.71 bits per heavy atom. The van der Waals surface area contributed by atoms with Crippen LogP contribution in [0.2, 0.25) is 0 Å². The van der Waals surface area contributed by atoms with Gasteiger partial charge < -0.3 is 0 Å². The molecule has 1 aromatic heterocycles. The first kappa shape index (κ1) is 25.2. The Kier molecular flexibility index (Phi) is 16.5. The van der Waals surface area contributed by atoms with Gasteiger partial charge >= 0.3 is 0 Å². The molecule has 0 bridgehead atoms. The largest absolute Gasteiger partial charge is 0.256 e. The highest BCUT2D eigenvalue weighted by atomic mass is 15.1. The predicted octanol–water partition coefficient (Wildman–Crippen LogP) is 8.01. The third kappa shape index (κ3) is 11.9. The fourth-order valence-corrected chi connectivity index (χ4v) is 4.20. The third-order valence-corrected chi connectivity index (χ3v) is 6.10. The van der Waals surface area contributed by atoms with Crippen LogP contribution >= 0.6 is 0 Å². The minimum absolute atomic E-state index is 1.21. The average Bonchev–Trinajstić information content (AvgIpc) is 3.08. The molecule has 0 fully saturated rings. The lowest BCUT2D eigenvalue weighted by atomic mass is 10.1. The number of hydrogen-bond acceptors (Lipinski definition) is 0. The average molecular weight is 392 g/mol. The molecule has 0 spiro atoms. The van der Waals surface area contributed by atoms with E-state index >= 15 is 0 Å².